The maximum Gasteiger partial charge on any atom is 0.317 e. The molecule has 4 rings (SSSR count). The van der Waals surface area contributed by atoms with Gasteiger partial charge in [-0.05, 0) is 24.1 Å². The number of nitrogens with zero attached hydrogens (tertiary/aromatic N) is 3. The zero-order chi connectivity index (χ0) is 17.2. The summed E-state index contributed by atoms with van der Waals surface area (Å²) in [7, 11) is 0. The average molecular weight is 339 g/mol. The number of carbonyl (C=O) groups excluding carboxylic acids is 1. The Labute approximate surface area is 144 Å². The van der Waals surface area contributed by atoms with Crippen molar-refractivity contribution in [2.75, 3.05) is 13.1 Å². The topological polar surface area (TPSA) is 73.9 Å². The van der Waals surface area contributed by atoms with E-state index in [4.69, 9.17) is 0 Å². The lowest BCUT2D eigenvalue weighted by atomic mass is 10.1. The number of hydrogen-bond acceptors (Lipinski definition) is 3. The molecule has 1 aromatic carbocycles. The molecule has 128 valence electrons. The van der Waals surface area contributed by atoms with Crippen LogP contribution in [0.15, 0.2) is 36.8 Å². The molecule has 3 heterocycles. The zero-order valence-electron chi connectivity index (χ0n) is 13.6. The molecule has 0 fully saturated rings. The predicted octanol–water partition coefficient (Wildman–Crippen LogP) is 2.41. The summed E-state index contributed by atoms with van der Waals surface area (Å²) in [5, 5.41) is 3.50. The zero-order valence-corrected chi connectivity index (χ0v) is 13.6. The summed E-state index contributed by atoms with van der Waals surface area (Å²) >= 11 is 0. The number of rotatable bonds is 3. The first-order chi connectivity index (χ1) is 12.2. The maximum atomic E-state index is 14.0. The van der Waals surface area contributed by atoms with Crippen LogP contribution in [0.25, 0.3) is 10.9 Å². The number of halogens is 1. The number of fused-ring (bicyclic) bond motifs is 2. The van der Waals surface area contributed by atoms with Crippen LogP contribution in [0.1, 0.15) is 17.0 Å². The van der Waals surface area contributed by atoms with Gasteiger partial charge in [0.15, 0.2) is 0 Å². The van der Waals surface area contributed by atoms with Crippen LogP contribution in [-0.2, 0) is 19.4 Å². The molecule has 25 heavy (non-hydrogen) atoms. The lowest BCUT2D eigenvalue weighted by Gasteiger charge is -2.27. The normalized spacial score (nSPS) is 13.7. The Morgan fingerprint density at radius 3 is 3.00 bits per heavy atom. The molecule has 2 amide bonds. The molecule has 2 aromatic heterocycles. The van der Waals surface area contributed by atoms with Gasteiger partial charge in [0.2, 0.25) is 0 Å². The van der Waals surface area contributed by atoms with Gasteiger partial charge in [-0.25, -0.2) is 9.18 Å². The number of benzene rings is 1. The minimum atomic E-state index is -0.244. The molecular formula is C18H18FN5O. The number of nitrogens with one attached hydrogen (secondary N) is 2. The van der Waals surface area contributed by atoms with Crippen molar-refractivity contribution in [1.82, 2.24) is 25.2 Å². The van der Waals surface area contributed by atoms with Gasteiger partial charge in [-0.2, -0.15) is 0 Å². The molecule has 0 unspecified atom stereocenters. The largest absolute Gasteiger partial charge is 0.361 e. The van der Waals surface area contributed by atoms with Crippen molar-refractivity contribution >= 4 is 16.9 Å². The number of amides is 2. The van der Waals surface area contributed by atoms with Crippen LogP contribution in [0, 0.1) is 5.82 Å². The summed E-state index contributed by atoms with van der Waals surface area (Å²) in [6.45, 7) is 1.54. The van der Waals surface area contributed by atoms with Gasteiger partial charge in [-0.3, -0.25) is 9.97 Å². The highest BCUT2D eigenvalue weighted by Crippen LogP contribution is 2.21. The summed E-state index contributed by atoms with van der Waals surface area (Å²) in [4.78, 5) is 25.7. The SMILES string of the molecule is O=C(NCCc1c[nH]c2cccc(F)c12)N1CCc2nccnc2C1. The second kappa shape index (κ2) is 6.51. The van der Waals surface area contributed by atoms with Crippen LogP contribution >= 0.6 is 0 Å². The Bertz CT molecular complexity index is 923. The van der Waals surface area contributed by atoms with E-state index in [-0.39, 0.29) is 11.8 Å². The molecule has 1 aliphatic rings. The summed E-state index contributed by atoms with van der Waals surface area (Å²) in [6, 6.07) is 4.84. The van der Waals surface area contributed by atoms with E-state index in [9.17, 15) is 9.18 Å². The summed E-state index contributed by atoms with van der Waals surface area (Å²) in [5.41, 5.74) is 3.44. The minimum absolute atomic E-state index is 0.128. The molecule has 0 atom stereocenters. The van der Waals surface area contributed by atoms with Gasteiger partial charge in [0.1, 0.15) is 5.82 Å². The number of aromatic amines is 1. The molecule has 0 radical (unpaired) electrons. The smallest absolute Gasteiger partial charge is 0.317 e. The molecule has 0 bridgehead atoms. The van der Waals surface area contributed by atoms with E-state index in [1.54, 1.807) is 29.6 Å². The lowest BCUT2D eigenvalue weighted by molar-refractivity contribution is 0.191. The highest BCUT2D eigenvalue weighted by molar-refractivity contribution is 5.84. The Hall–Kier alpha value is -2.96. The Morgan fingerprint density at radius 2 is 2.12 bits per heavy atom. The van der Waals surface area contributed by atoms with Gasteiger partial charge in [0.25, 0.3) is 0 Å². The molecule has 7 heteroatoms. The number of aromatic nitrogens is 3. The summed E-state index contributed by atoms with van der Waals surface area (Å²) < 4.78 is 14.0. The molecular weight excluding hydrogens is 321 g/mol. The van der Waals surface area contributed by atoms with Crippen LogP contribution in [0.3, 0.4) is 0 Å². The van der Waals surface area contributed by atoms with Gasteiger partial charge in [0.05, 0.1) is 17.9 Å². The van der Waals surface area contributed by atoms with Crippen molar-refractivity contribution in [3.8, 4) is 0 Å². The predicted molar refractivity (Wildman–Crippen MR) is 91.5 cm³/mol. The highest BCUT2D eigenvalue weighted by atomic mass is 19.1. The van der Waals surface area contributed by atoms with E-state index in [2.05, 4.69) is 20.3 Å². The van der Waals surface area contributed by atoms with Crippen molar-refractivity contribution in [3.63, 3.8) is 0 Å². The number of hydrogen-bond donors (Lipinski definition) is 2. The van der Waals surface area contributed by atoms with Gasteiger partial charge in [-0.1, -0.05) is 6.07 Å². The summed E-state index contributed by atoms with van der Waals surface area (Å²) in [6.07, 6.45) is 6.40. The van der Waals surface area contributed by atoms with E-state index in [0.29, 0.717) is 37.9 Å². The van der Waals surface area contributed by atoms with Gasteiger partial charge < -0.3 is 15.2 Å². The fourth-order valence-electron chi connectivity index (χ4n) is 3.23. The quantitative estimate of drug-likeness (QED) is 0.769. The molecule has 0 saturated heterocycles. The van der Waals surface area contributed by atoms with Crippen LogP contribution in [0.2, 0.25) is 0 Å². The number of H-pyrrole nitrogens is 1. The van der Waals surface area contributed by atoms with Crippen molar-refractivity contribution in [2.45, 2.75) is 19.4 Å². The van der Waals surface area contributed by atoms with Crippen molar-refractivity contribution in [2.24, 2.45) is 0 Å². The monoisotopic (exact) mass is 339 g/mol. The molecule has 3 aromatic rings. The lowest BCUT2D eigenvalue weighted by Crippen LogP contribution is -2.43. The average Bonchev–Trinajstić information content (AvgIpc) is 3.06. The van der Waals surface area contributed by atoms with E-state index < -0.39 is 0 Å². The minimum Gasteiger partial charge on any atom is -0.361 e. The standard InChI is InChI=1S/C18H18FN5O/c19-13-2-1-3-15-17(13)12(10-23-15)4-6-22-18(25)24-9-5-14-16(11-24)21-8-7-20-14/h1-3,7-8,10,23H,4-6,9,11H2,(H,22,25). The van der Waals surface area contributed by atoms with E-state index >= 15 is 0 Å². The molecule has 6 nitrogen and oxygen atoms in total. The van der Waals surface area contributed by atoms with Crippen molar-refractivity contribution < 1.29 is 9.18 Å². The van der Waals surface area contributed by atoms with E-state index in [0.717, 1.165) is 22.5 Å². The highest BCUT2D eigenvalue weighted by Gasteiger charge is 2.22. The molecule has 1 aliphatic heterocycles. The van der Waals surface area contributed by atoms with E-state index in [1.807, 2.05) is 6.07 Å². The van der Waals surface area contributed by atoms with Gasteiger partial charge >= 0.3 is 6.03 Å². The van der Waals surface area contributed by atoms with Crippen LogP contribution in [0.5, 0.6) is 0 Å². The third kappa shape index (κ3) is 3.05. The fraction of sp³-hybridized carbons (Fsp3) is 0.278. The van der Waals surface area contributed by atoms with Crippen molar-refractivity contribution in [1.29, 1.82) is 0 Å². The third-order valence-electron chi connectivity index (χ3n) is 4.51. The first-order valence-corrected chi connectivity index (χ1v) is 8.28. The molecule has 0 aliphatic carbocycles. The summed E-state index contributed by atoms with van der Waals surface area (Å²) in [5.74, 6) is -0.244. The van der Waals surface area contributed by atoms with Crippen LogP contribution < -0.4 is 5.32 Å². The number of carbonyl (C=O) groups is 1. The van der Waals surface area contributed by atoms with Crippen LogP contribution in [0.4, 0.5) is 9.18 Å². The van der Waals surface area contributed by atoms with E-state index in [1.165, 1.54) is 6.07 Å². The van der Waals surface area contributed by atoms with Crippen molar-refractivity contribution in [3.05, 3.63) is 59.6 Å². The first-order valence-electron chi connectivity index (χ1n) is 8.28. The van der Waals surface area contributed by atoms with Crippen LogP contribution in [-0.4, -0.2) is 39.0 Å². The van der Waals surface area contributed by atoms with Gasteiger partial charge in [-0.15, -0.1) is 0 Å². The fourth-order valence-corrected chi connectivity index (χ4v) is 3.23. The first kappa shape index (κ1) is 15.6. The number of urea groups is 1. The molecule has 0 spiro atoms. The molecule has 0 saturated carbocycles. The Morgan fingerprint density at radius 1 is 1.28 bits per heavy atom. The second-order valence-corrected chi connectivity index (χ2v) is 6.08. The maximum absolute atomic E-state index is 14.0. The van der Waals surface area contributed by atoms with Gasteiger partial charge in [0, 0.05) is 49.0 Å². The Balaban J connectivity index is 1.36. The third-order valence-corrected chi connectivity index (χ3v) is 4.51. The second-order valence-electron chi connectivity index (χ2n) is 6.08. The Kier molecular flexibility index (Phi) is 4.05. The molecule has 2 N–H and O–H groups in total.